The zero-order chi connectivity index (χ0) is 24.6. The van der Waals surface area contributed by atoms with Crippen LogP contribution in [-0.2, 0) is 11.0 Å². The van der Waals surface area contributed by atoms with Crippen LogP contribution in [0.25, 0.3) is 10.9 Å². The largest absolute Gasteiger partial charge is 0.433 e. The van der Waals surface area contributed by atoms with Gasteiger partial charge in [-0.15, -0.1) is 0 Å². The van der Waals surface area contributed by atoms with Crippen LogP contribution < -0.4 is 10.6 Å². The van der Waals surface area contributed by atoms with Crippen LogP contribution in [0, 0.1) is 0 Å². The van der Waals surface area contributed by atoms with Crippen LogP contribution in [0.2, 0.25) is 5.02 Å². The molecule has 0 aliphatic carbocycles. The number of carbonyl (C=O) groups is 2. The third-order valence-electron chi connectivity index (χ3n) is 6.06. The number of piperidine rings is 1. The van der Waals surface area contributed by atoms with Crippen LogP contribution in [0.3, 0.4) is 0 Å². The molecule has 2 saturated heterocycles. The van der Waals surface area contributed by atoms with Crippen molar-refractivity contribution < 1.29 is 27.2 Å². The molecule has 3 amide bonds. The number of nitrogens with zero attached hydrogens (tertiary/aromatic N) is 3. The van der Waals surface area contributed by atoms with Crippen molar-refractivity contribution in [1.29, 1.82) is 0 Å². The molecule has 2 aliphatic heterocycles. The molecule has 2 N–H and O–H groups in total. The number of halogens is 5. The molecule has 34 heavy (non-hydrogen) atoms. The molecule has 184 valence electrons. The molecule has 1 aromatic carbocycles. The van der Waals surface area contributed by atoms with Gasteiger partial charge < -0.3 is 20.4 Å². The third-order valence-corrected chi connectivity index (χ3v) is 6.30. The Kier molecular flexibility index (Phi) is 6.75. The van der Waals surface area contributed by atoms with E-state index in [0.717, 1.165) is 6.07 Å². The van der Waals surface area contributed by atoms with E-state index in [1.807, 2.05) is 0 Å². The zero-order valence-electron chi connectivity index (χ0n) is 18.3. The van der Waals surface area contributed by atoms with Crippen molar-refractivity contribution >= 4 is 40.1 Å². The summed E-state index contributed by atoms with van der Waals surface area (Å²) in [6, 6.07) is 3.99. The third kappa shape index (κ3) is 5.45. The van der Waals surface area contributed by atoms with Crippen LogP contribution >= 0.6 is 11.6 Å². The van der Waals surface area contributed by atoms with Gasteiger partial charge in [0.15, 0.2) is 0 Å². The van der Waals surface area contributed by atoms with E-state index in [2.05, 4.69) is 15.6 Å². The average Bonchev–Trinajstić information content (AvgIpc) is 3.19. The fourth-order valence-corrected chi connectivity index (χ4v) is 4.59. The summed E-state index contributed by atoms with van der Waals surface area (Å²) in [5.74, 6) is -0.227. The fourth-order valence-electron chi connectivity index (χ4n) is 4.42. The normalized spacial score (nSPS) is 23.3. The Balaban J connectivity index is 1.58. The molecule has 2 aromatic rings. The Morgan fingerprint density at radius 1 is 1.12 bits per heavy atom. The second-order valence-electron chi connectivity index (χ2n) is 8.69. The van der Waals surface area contributed by atoms with Crippen LogP contribution in [-0.4, -0.2) is 71.2 Å². The number of alkyl halides is 4. The molecular formula is C22H24ClF4N5O2. The molecule has 2 fully saturated rings. The predicted molar refractivity (Wildman–Crippen MR) is 119 cm³/mol. The smallest absolute Gasteiger partial charge is 0.380 e. The van der Waals surface area contributed by atoms with Gasteiger partial charge in [-0.1, -0.05) is 11.6 Å². The summed E-state index contributed by atoms with van der Waals surface area (Å²) in [6.07, 6.45) is -5.08. The molecule has 0 unspecified atom stereocenters. The number of nitrogens with one attached hydrogen (secondary N) is 2. The van der Waals surface area contributed by atoms with Gasteiger partial charge in [0.05, 0.1) is 18.1 Å². The second kappa shape index (κ2) is 9.44. The number of pyridine rings is 1. The van der Waals surface area contributed by atoms with Gasteiger partial charge in [0.1, 0.15) is 11.9 Å². The lowest BCUT2D eigenvalue weighted by Gasteiger charge is -2.39. The second-order valence-corrected chi connectivity index (χ2v) is 9.13. The number of anilines is 1. The molecule has 1 aromatic heterocycles. The number of hydrogen-bond donors (Lipinski definition) is 2. The minimum Gasteiger partial charge on any atom is -0.380 e. The van der Waals surface area contributed by atoms with Crippen molar-refractivity contribution in [1.82, 2.24) is 20.1 Å². The van der Waals surface area contributed by atoms with E-state index in [-0.39, 0.29) is 43.2 Å². The Morgan fingerprint density at radius 3 is 2.50 bits per heavy atom. The Bertz CT molecular complexity index is 1100. The van der Waals surface area contributed by atoms with Crippen molar-refractivity contribution in [3.05, 3.63) is 35.0 Å². The minimum atomic E-state index is -4.65. The molecule has 3 heterocycles. The molecule has 12 heteroatoms. The van der Waals surface area contributed by atoms with E-state index in [1.54, 1.807) is 0 Å². The van der Waals surface area contributed by atoms with Gasteiger partial charge in [-0.25, -0.2) is 14.2 Å². The lowest BCUT2D eigenvalue weighted by atomic mass is 9.99. The number of benzene rings is 1. The van der Waals surface area contributed by atoms with E-state index in [0.29, 0.717) is 23.4 Å². The van der Waals surface area contributed by atoms with Crippen LogP contribution in [0.4, 0.5) is 28.0 Å². The fraction of sp³-hybridized carbons (Fsp3) is 0.500. The van der Waals surface area contributed by atoms with Crippen molar-refractivity contribution in [2.75, 3.05) is 31.5 Å². The van der Waals surface area contributed by atoms with Gasteiger partial charge >= 0.3 is 12.2 Å². The molecule has 4 rings (SSSR count). The van der Waals surface area contributed by atoms with E-state index in [1.165, 1.54) is 34.9 Å². The number of carbonyl (C=O) groups excluding carboxylic acids is 2. The van der Waals surface area contributed by atoms with Gasteiger partial charge in [-0.2, -0.15) is 13.2 Å². The Labute approximate surface area is 198 Å². The first-order chi connectivity index (χ1) is 16.0. The van der Waals surface area contributed by atoms with Gasteiger partial charge in [-0.3, -0.25) is 4.79 Å². The topological polar surface area (TPSA) is 77.6 Å². The first kappa shape index (κ1) is 24.3. The number of hydrogen-bond acceptors (Lipinski definition) is 4. The molecule has 3 atom stereocenters. The molecule has 0 saturated carbocycles. The van der Waals surface area contributed by atoms with E-state index < -0.39 is 36.2 Å². The Hall–Kier alpha value is -2.82. The van der Waals surface area contributed by atoms with Gasteiger partial charge in [-0.05, 0) is 37.1 Å². The number of aromatic nitrogens is 1. The summed E-state index contributed by atoms with van der Waals surface area (Å²) in [6.45, 7) is 2.20. The molecule has 0 spiro atoms. The van der Waals surface area contributed by atoms with E-state index in [4.69, 9.17) is 11.6 Å². The number of urea groups is 1. The lowest BCUT2D eigenvalue weighted by Crippen LogP contribution is -2.57. The average molecular weight is 502 g/mol. The number of rotatable bonds is 3. The van der Waals surface area contributed by atoms with Crippen LogP contribution in [0.15, 0.2) is 24.3 Å². The van der Waals surface area contributed by atoms with Crippen molar-refractivity contribution in [2.24, 2.45) is 0 Å². The summed E-state index contributed by atoms with van der Waals surface area (Å²) < 4.78 is 53.8. The van der Waals surface area contributed by atoms with Gasteiger partial charge in [0, 0.05) is 48.7 Å². The van der Waals surface area contributed by atoms with E-state index >= 15 is 0 Å². The van der Waals surface area contributed by atoms with Crippen molar-refractivity contribution in [2.45, 2.75) is 44.2 Å². The number of fused-ring (bicyclic) bond motifs is 1. The highest BCUT2D eigenvalue weighted by Gasteiger charge is 2.35. The summed E-state index contributed by atoms with van der Waals surface area (Å²) in [4.78, 5) is 31.3. The van der Waals surface area contributed by atoms with E-state index in [9.17, 15) is 27.2 Å². The molecule has 0 radical (unpaired) electrons. The zero-order valence-corrected chi connectivity index (χ0v) is 19.1. The highest BCUT2D eigenvalue weighted by Crippen LogP contribution is 2.34. The molecular weight excluding hydrogens is 478 g/mol. The van der Waals surface area contributed by atoms with Crippen molar-refractivity contribution in [3.8, 4) is 0 Å². The first-order valence-corrected chi connectivity index (χ1v) is 11.3. The lowest BCUT2D eigenvalue weighted by molar-refractivity contribution is -0.140. The maximum atomic E-state index is 13.5. The molecule has 7 nitrogen and oxygen atoms in total. The SMILES string of the molecule is CC(=O)N1C[C@@H](NC(=O)N2CC[C@H](F)C2)C[C@@H](Nc2cc(C(F)(F)F)nc3ccc(Cl)cc23)C1. The highest BCUT2D eigenvalue weighted by atomic mass is 35.5. The Morgan fingerprint density at radius 2 is 1.85 bits per heavy atom. The van der Waals surface area contributed by atoms with Gasteiger partial charge in [0.2, 0.25) is 5.91 Å². The standard InChI is InChI=1S/C22H24ClF4N5O2/c1-12(33)32-10-15(7-16(11-32)29-21(34)31-5-4-14(24)9-31)28-19-8-20(22(25,26)27)30-18-3-2-13(23)6-17(18)19/h2-3,6,8,14-16H,4-5,7,9-11H2,1H3,(H,28,30)(H,29,34)/t14-,15+,16-/m0/s1. The summed E-state index contributed by atoms with van der Waals surface area (Å²) in [5.41, 5.74) is -0.746. The molecule has 2 aliphatic rings. The van der Waals surface area contributed by atoms with Gasteiger partial charge in [0.25, 0.3) is 0 Å². The number of likely N-dealkylation sites (tertiary alicyclic amines) is 2. The maximum absolute atomic E-state index is 13.5. The van der Waals surface area contributed by atoms with Crippen LogP contribution in [0.5, 0.6) is 0 Å². The highest BCUT2D eigenvalue weighted by molar-refractivity contribution is 6.31. The van der Waals surface area contributed by atoms with Crippen LogP contribution in [0.1, 0.15) is 25.5 Å². The molecule has 0 bridgehead atoms. The predicted octanol–water partition coefficient (Wildman–Crippen LogP) is 4.06. The summed E-state index contributed by atoms with van der Waals surface area (Å²) in [5, 5.41) is 6.70. The summed E-state index contributed by atoms with van der Waals surface area (Å²) in [7, 11) is 0. The maximum Gasteiger partial charge on any atom is 0.433 e. The quantitative estimate of drug-likeness (QED) is 0.622. The minimum absolute atomic E-state index is 0.0145. The monoisotopic (exact) mass is 501 g/mol. The number of amides is 3. The first-order valence-electron chi connectivity index (χ1n) is 10.9. The van der Waals surface area contributed by atoms with Crippen molar-refractivity contribution in [3.63, 3.8) is 0 Å². The summed E-state index contributed by atoms with van der Waals surface area (Å²) >= 11 is 6.07.